The third-order valence-electron chi connectivity index (χ3n) is 5.08. The van der Waals surface area contributed by atoms with Gasteiger partial charge in [-0.3, -0.25) is 4.90 Å². The van der Waals surface area contributed by atoms with Gasteiger partial charge in [-0.15, -0.1) is 0 Å². The molecule has 1 fully saturated rings. The van der Waals surface area contributed by atoms with E-state index in [1.807, 2.05) is 7.05 Å². The Morgan fingerprint density at radius 1 is 1.27 bits per heavy atom. The fourth-order valence-electron chi connectivity index (χ4n) is 3.83. The summed E-state index contributed by atoms with van der Waals surface area (Å²) in [6.45, 7) is 9.01. The molecule has 2 aliphatic heterocycles. The van der Waals surface area contributed by atoms with Gasteiger partial charge < -0.3 is 10.1 Å². The molecule has 1 aromatic rings. The van der Waals surface area contributed by atoms with Crippen LogP contribution in [0.4, 0.5) is 0 Å². The second kappa shape index (κ2) is 6.59. The third-order valence-corrected chi connectivity index (χ3v) is 5.08. The molecule has 122 valence electrons. The predicted molar refractivity (Wildman–Crippen MR) is 91.4 cm³/mol. The summed E-state index contributed by atoms with van der Waals surface area (Å²) < 4.78 is 6.21. The number of fused-ring (bicyclic) bond motifs is 1. The Hall–Kier alpha value is -1.06. The smallest absolute Gasteiger partial charge is 0.127 e. The third kappa shape index (κ3) is 3.64. The highest BCUT2D eigenvalue weighted by Gasteiger charge is 2.32. The van der Waals surface area contributed by atoms with Gasteiger partial charge in [0.05, 0.1) is 0 Å². The Kier molecular flexibility index (Phi) is 4.74. The van der Waals surface area contributed by atoms with Crippen LogP contribution < -0.4 is 10.1 Å². The molecule has 0 amide bonds. The van der Waals surface area contributed by atoms with Crippen molar-refractivity contribution in [3.05, 3.63) is 29.3 Å². The molecule has 0 unspecified atom stereocenters. The van der Waals surface area contributed by atoms with Crippen molar-refractivity contribution in [2.24, 2.45) is 5.92 Å². The molecule has 22 heavy (non-hydrogen) atoms. The van der Waals surface area contributed by atoms with Gasteiger partial charge in [0, 0.05) is 18.5 Å². The number of nitrogens with one attached hydrogen (secondary N) is 1. The molecule has 0 saturated carbocycles. The number of hydrogen-bond donors (Lipinski definition) is 1. The molecule has 2 heterocycles. The number of likely N-dealkylation sites (tertiary alicyclic amines) is 1. The zero-order valence-electron chi connectivity index (χ0n) is 14.3. The van der Waals surface area contributed by atoms with Crippen LogP contribution >= 0.6 is 0 Å². The summed E-state index contributed by atoms with van der Waals surface area (Å²) in [4.78, 5) is 2.60. The van der Waals surface area contributed by atoms with Gasteiger partial charge in [0.2, 0.25) is 0 Å². The normalized spacial score (nSPS) is 21.6. The van der Waals surface area contributed by atoms with Crippen LogP contribution in [-0.4, -0.2) is 37.2 Å². The first-order chi connectivity index (χ1) is 10.6. The number of ether oxygens (including phenoxy) is 1. The standard InChI is InChI=1S/C19H30N2O/c1-19(2)13-16-5-4-6-17(18(16)22-19)14-21-11-8-15(9-12-21)7-10-20-3/h4-6,15,20H,7-14H2,1-3H3. The van der Waals surface area contributed by atoms with Crippen LogP contribution in [0.15, 0.2) is 18.2 Å². The first kappa shape index (κ1) is 15.8. The molecule has 0 spiro atoms. The van der Waals surface area contributed by atoms with E-state index < -0.39 is 0 Å². The van der Waals surface area contributed by atoms with E-state index in [4.69, 9.17) is 4.74 Å². The Bertz CT molecular complexity index is 504. The molecule has 1 N–H and O–H groups in total. The Balaban J connectivity index is 1.59. The molecule has 3 heteroatoms. The summed E-state index contributed by atoms with van der Waals surface area (Å²) in [5.41, 5.74) is 2.71. The molecule has 3 nitrogen and oxygen atoms in total. The van der Waals surface area contributed by atoms with E-state index in [-0.39, 0.29) is 5.60 Å². The highest BCUT2D eigenvalue weighted by Crippen LogP contribution is 2.38. The molecule has 0 atom stereocenters. The fraction of sp³-hybridized carbons (Fsp3) is 0.684. The number of piperidine rings is 1. The number of nitrogens with zero attached hydrogens (tertiary/aromatic N) is 1. The van der Waals surface area contributed by atoms with Crippen molar-refractivity contribution >= 4 is 0 Å². The maximum absolute atomic E-state index is 6.21. The summed E-state index contributed by atoms with van der Waals surface area (Å²) >= 11 is 0. The number of hydrogen-bond acceptors (Lipinski definition) is 3. The van der Waals surface area contributed by atoms with E-state index in [1.54, 1.807) is 0 Å². The minimum absolute atomic E-state index is 0.0431. The van der Waals surface area contributed by atoms with Crippen molar-refractivity contribution in [3.8, 4) is 5.75 Å². The molecule has 0 aromatic heterocycles. The molecular weight excluding hydrogens is 272 g/mol. The second-order valence-electron chi connectivity index (χ2n) is 7.56. The first-order valence-electron chi connectivity index (χ1n) is 8.74. The largest absolute Gasteiger partial charge is 0.487 e. The summed E-state index contributed by atoms with van der Waals surface area (Å²) in [5, 5.41) is 3.27. The van der Waals surface area contributed by atoms with Crippen molar-refractivity contribution < 1.29 is 4.74 Å². The summed E-state index contributed by atoms with van der Waals surface area (Å²) in [6.07, 6.45) is 5.02. The van der Waals surface area contributed by atoms with E-state index in [9.17, 15) is 0 Å². The second-order valence-corrected chi connectivity index (χ2v) is 7.56. The quantitative estimate of drug-likeness (QED) is 0.904. The van der Waals surface area contributed by atoms with Gasteiger partial charge in [0.1, 0.15) is 11.4 Å². The van der Waals surface area contributed by atoms with Crippen molar-refractivity contribution in [3.63, 3.8) is 0 Å². The highest BCUT2D eigenvalue weighted by atomic mass is 16.5. The van der Waals surface area contributed by atoms with Crippen molar-refractivity contribution in [1.82, 2.24) is 10.2 Å². The monoisotopic (exact) mass is 302 g/mol. The van der Waals surface area contributed by atoms with E-state index in [1.165, 1.54) is 43.5 Å². The van der Waals surface area contributed by atoms with Gasteiger partial charge in [-0.05, 0) is 71.3 Å². The van der Waals surface area contributed by atoms with E-state index in [2.05, 4.69) is 42.3 Å². The lowest BCUT2D eigenvalue weighted by Crippen LogP contribution is -2.34. The first-order valence-corrected chi connectivity index (χ1v) is 8.74. The van der Waals surface area contributed by atoms with E-state index in [0.717, 1.165) is 31.2 Å². The molecular formula is C19H30N2O. The molecule has 3 rings (SSSR count). The molecule has 1 aromatic carbocycles. The van der Waals surface area contributed by atoms with E-state index >= 15 is 0 Å². The fourth-order valence-corrected chi connectivity index (χ4v) is 3.83. The predicted octanol–water partition coefficient (Wildman–Crippen LogP) is 3.22. The lowest BCUT2D eigenvalue weighted by molar-refractivity contribution is 0.132. The van der Waals surface area contributed by atoms with Crippen LogP contribution in [-0.2, 0) is 13.0 Å². The van der Waals surface area contributed by atoms with Crippen LogP contribution in [0.1, 0.15) is 44.2 Å². The number of para-hydroxylation sites is 1. The lowest BCUT2D eigenvalue weighted by atomic mass is 9.93. The van der Waals surface area contributed by atoms with Crippen LogP contribution in [0.25, 0.3) is 0 Å². The van der Waals surface area contributed by atoms with Gasteiger partial charge in [-0.2, -0.15) is 0 Å². The van der Waals surface area contributed by atoms with Crippen molar-refractivity contribution in [2.75, 3.05) is 26.7 Å². The topological polar surface area (TPSA) is 24.5 Å². The minimum atomic E-state index is -0.0431. The molecule has 1 saturated heterocycles. The number of benzene rings is 1. The Morgan fingerprint density at radius 2 is 2.05 bits per heavy atom. The van der Waals surface area contributed by atoms with Gasteiger partial charge in [-0.1, -0.05) is 18.2 Å². The van der Waals surface area contributed by atoms with Gasteiger partial charge in [-0.25, -0.2) is 0 Å². The molecule has 0 radical (unpaired) electrons. The van der Waals surface area contributed by atoms with Crippen molar-refractivity contribution in [2.45, 2.75) is 51.7 Å². The van der Waals surface area contributed by atoms with Gasteiger partial charge in [0.25, 0.3) is 0 Å². The average molecular weight is 302 g/mol. The van der Waals surface area contributed by atoms with Crippen LogP contribution in [0, 0.1) is 5.92 Å². The number of rotatable bonds is 5. The highest BCUT2D eigenvalue weighted by molar-refractivity contribution is 5.45. The van der Waals surface area contributed by atoms with Gasteiger partial charge in [0.15, 0.2) is 0 Å². The molecule has 0 aliphatic carbocycles. The Morgan fingerprint density at radius 3 is 2.77 bits per heavy atom. The van der Waals surface area contributed by atoms with Crippen LogP contribution in [0.3, 0.4) is 0 Å². The molecule has 0 bridgehead atoms. The maximum atomic E-state index is 6.21. The maximum Gasteiger partial charge on any atom is 0.127 e. The zero-order valence-corrected chi connectivity index (χ0v) is 14.3. The minimum Gasteiger partial charge on any atom is -0.487 e. The lowest BCUT2D eigenvalue weighted by Gasteiger charge is -2.32. The SMILES string of the molecule is CNCCC1CCN(Cc2cccc3c2OC(C)(C)C3)CC1. The summed E-state index contributed by atoms with van der Waals surface area (Å²) in [7, 11) is 2.05. The van der Waals surface area contributed by atoms with Crippen LogP contribution in [0.2, 0.25) is 0 Å². The van der Waals surface area contributed by atoms with Gasteiger partial charge >= 0.3 is 0 Å². The molecule has 2 aliphatic rings. The van der Waals surface area contributed by atoms with Crippen LogP contribution in [0.5, 0.6) is 5.75 Å². The Labute approximate surface area is 135 Å². The summed E-state index contributed by atoms with van der Waals surface area (Å²) in [5.74, 6) is 2.06. The zero-order chi connectivity index (χ0) is 15.6. The average Bonchev–Trinajstić information content (AvgIpc) is 2.82. The van der Waals surface area contributed by atoms with Crippen molar-refractivity contribution in [1.29, 1.82) is 0 Å². The summed E-state index contributed by atoms with van der Waals surface area (Å²) in [6, 6.07) is 6.66. The van der Waals surface area contributed by atoms with E-state index in [0.29, 0.717) is 0 Å².